The second-order valence-electron chi connectivity index (χ2n) is 6.42. The molecule has 4 heteroatoms. The fraction of sp³-hybridized carbons (Fsp3) is 0.190. The van der Waals surface area contributed by atoms with E-state index in [1.165, 1.54) is 0 Å². The molecule has 0 amide bonds. The number of aryl methyl sites for hydroxylation is 2. The van der Waals surface area contributed by atoms with Crippen LogP contribution in [0.1, 0.15) is 16.7 Å². The van der Waals surface area contributed by atoms with Crippen LogP contribution in [0.25, 0.3) is 0 Å². The smallest absolute Gasteiger partial charge is 0.129 e. The zero-order valence-electron chi connectivity index (χ0n) is 14.3. The first kappa shape index (κ1) is 17.3. The maximum absolute atomic E-state index is 11.7. The summed E-state index contributed by atoms with van der Waals surface area (Å²) in [5, 5.41) is 3.33. The Morgan fingerprint density at radius 2 is 1.92 bits per heavy atom. The van der Waals surface area contributed by atoms with E-state index in [-0.39, 0.29) is 0 Å². The molecule has 25 heavy (non-hydrogen) atoms. The minimum atomic E-state index is -0.970. The number of carbonyl (C=O) groups excluding carboxylic acids is 1. The van der Waals surface area contributed by atoms with Crippen LogP contribution in [0.5, 0.6) is 0 Å². The highest BCUT2D eigenvalue weighted by Crippen LogP contribution is 2.44. The third kappa shape index (κ3) is 3.33. The van der Waals surface area contributed by atoms with Crippen molar-refractivity contribution in [3.8, 4) is 0 Å². The molecule has 1 aliphatic rings. The molecule has 0 radical (unpaired) electrons. The molecular weight excluding hydrogens is 332 g/mol. The second-order valence-corrected chi connectivity index (χ2v) is 7.04. The van der Waals surface area contributed by atoms with Crippen molar-refractivity contribution in [1.29, 1.82) is 0 Å². The van der Waals surface area contributed by atoms with Gasteiger partial charge in [0.1, 0.15) is 11.2 Å². The number of carbonyl (C=O) groups is 1. The molecule has 2 atom stereocenters. The van der Waals surface area contributed by atoms with Crippen molar-refractivity contribution in [1.82, 2.24) is 0 Å². The van der Waals surface area contributed by atoms with E-state index in [4.69, 9.17) is 17.3 Å². The topological polar surface area (TPSA) is 55.1 Å². The summed E-state index contributed by atoms with van der Waals surface area (Å²) in [5.74, 6) is -0.529. The first-order valence-electron chi connectivity index (χ1n) is 8.18. The number of hydrogen-bond acceptors (Lipinski definition) is 3. The van der Waals surface area contributed by atoms with Gasteiger partial charge in [0.15, 0.2) is 0 Å². The molecule has 3 nitrogen and oxygen atoms in total. The quantitative estimate of drug-likeness (QED) is 0.633. The van der Waals surface area contributed by atoms with Gasteiger partial charge in [0.05, 0.1) is 17.3 Å². The van der Waals surface area contributed by atoms with Gasteiger partial charge >= 0.3 is 0 Å². The lowest BCUT2D eigenvalue weighted by atomic mass is 9.79. The maximum Gasteiger partial charge on any atom is 0.129 e. The summed E-state index contributed by atoms with van der Waals surface area (Å²) in [4.78, 5) is 10.7. The Kier molecular flexibility index (Phi) is 4.69. The zero-order valence-corrected chi connectivity index (χ0v) is 15.0. The Hall–Kier alpha value is -2.52. The highest BCUT2D eigenvalue weighted by Gasteiger charge is 2.40. The third-order valence-electron chi connectivity index (χ3n) is 4.51. The predicted molar refractivity (Wildman–Crippen MR) is 103 cm³/mol. The zero-order chi connectivity index (χ0) is 18.0. The highest BCUT2D eigenvalue weighted by atomic mass is 35.5. The van der Waals surface area contributed by atoms with E-state index >= 15 is 0 Å². The number of allylic oxidation sites excluding steroid dienone is 2. The van der Waals surface area contributed by atoms with E-state index in [0.717, 1.165) is 28.7 Å². The van der Waals surface area contributed by atoms with E-state index < -0.39 is 10.8 Å². The van der Waals surface area contributed by atoms with Crippen LogP contribution in [-0.4, -0.2) is 6.29 Å². The lowest BCUT2D eigenvalue weighted by Crippen LogP contribution is -2.34. The number of halogens is 1. The molecule has 2 aromatic rings. The third-order valence-corrected chi connectivity index (χ3v) is 5.08. The van der Waals surface area contributed by atoms with Crippen molar-refractivity contribution < 1.29 is 4.79 Å². The number of hydrogen-bond donors (Lipinski definition) is 2. The molecule has 0 heterocycles. The molecule has 0 bridgehead atoms. The minimum Gasteiger partial charge on any atom is -0.397 e. The van der Waals surface area contributed by atoms with Gasteiger partial charge in [-0.2, -0.15) is 0 Å². The van der Waals surface area contributed by atoms with Gasteiger partial charge < -0.3 is 15.8 Å². The average Bonchev–Trinajstić information content (AvgIpc) is 2.58. The van der Waals surface area contributed by atoms with E-state index in [0.29, 0.717) is 11.4 Å². The second kappa shape index (κ2) is 6.77. The van der Waals surface area contributed by atoms with Crippen LogP contribution < -0.4 is 11.1 Å². The van der Waals surface area contributed by atoms with E-state index in [1.807, 2.05) is 68.5 Å². The molecule has 0 aliphatic heterocycles. The van der Waals surface area contributed by atoms with Gasteiger partial charge in [-0.3, -0.25) is 0 Å². The Bertz CT molecular complexity index is 872. The summed E-state index contributed by atoms with van der Waals surface area (Å²) in [6.45, 7) is 4.02. The number of nitrogens with one attached hydrogen (secondary N) is 1. The van der Waals surface area contributed by atoms with E-state index in [2.05, 4.69) is 5.32 Å². The first-order valence-corrected chi connectivity index (χ1v) is 8.56. The largest absolute Gasteiger partial charge is 0.397 e. The van der Waals surface area contributed by atoms with Gasteiger partial charge in [0, 0.05) is 5.69 Å². The molecule has 3 N–H and O–H groups in total. The van der Waals surface area contributed by atoms with Crippen molar-refractivity contribution in [2.45, 2.75) is 18.7 Å². The minimum absolute atomic E-state index is 0.517. The fourth-order valence-electron chi connectivity index (χ4n) is 3.18. The highest BCUT2D eigenvalue weighted by molar-refractivity contribution is 6.27. The van der Waals surface area contributed by atoms with Gasteiger partial charge in [-0.1, -0.05) is 36.4 Å². The summed E-state index contributed by atoms with van der Waals surface area (Å²) >= 11 is 6.98. The standard InChI is InChI=1S/C21H21ClN2O/c1-14-6-5-8-17(10-14)24-20-12-21(22,16(13-25)11-19(20)23)18-9-4-3-7-15(18)2/h3-13,16,24H,23H2,1-2H3. The average molecular weight is 353 g/mol. The number of benzene rings is 2. The van der Waals surface area contributed by atoms with Gasteiger partial charge in [-0.15, -0.1) is 11.6 Å². The molecule has 0 saturated carbocycles. The Morgan fingerprint density at radius 3 is 2.60 bits per heavy atom. The van der Waals surface area contributed by atoms with Crippen LogP contribution in [-0.2, 0) is 9.67 Å². The van der Waals surface area contributed by atoms with Crippen LogP contribution in [0.2, 0.25) is 0 Å². The Morgan fingerprint density at radius 1 is 1.16 bits per heavy atom. The summed E-state index contributed by atoms with van der Waals surface area (Å²) in [5.41, 5.74) is 11.4. The summed E-state index contributed by atoms with van der Waals surface area (Å²) in [6, 6.07) is 15.8. The van der Waals surface area contributed by atoms with Crippen LogP contribution in [0, 0.1) is 19.8 Å². The molecule has 0 spiro atoms. The molecule has 2 aromatic carbocycles. The van der Waals surface area contributed by atoms with Crippen molar-refractivity contribution >= 4 is 23.6 Å². The van der Waals surface area contributed by atoms with Crippen molar-refractivity contribution in [2.75, 3.05) is 5.32 Å². The number of rotatable bonds is 4. The summed E-state index contributed by atoms with van der Waals surface area (Å²) in [6.07, 6.45) is 4.43. The number of aldehydes is 1. The molecule has 3 rings (SSSR count). The van der Waals surface area contributed by atoms with Gasteiger partial charge in [-0.25, -0.2) is 0 Å². The number of alkyl halides is 1. The van der Waals surface area contributed by atoms with Crippen molar-refractivity contribution in [2.24, 2.45) is 11.7 Å². The normalized spacial score (nSPS) is 22.8. The lowest BCUT2D eigenvalue weighted by molar-refractivity contribution is -0.110. The molecule has 1 aliphatic carbocycles. The Labute approximate surface area is 153 Å². The number of nitrogens with two attached hydrogens (primary N) is 1. The van der Waals surface area contributed by atoms with Crippen LogP contribution in [0.15, 0.2) is 72.1 Å². The molecule has 0 saturated heterocycles. The molecular formula is C21H21ClN2O. The molecule has 0 fully saturated rings. The predicted octanol–water partition coefficient (Wildman–Crippen LogP) is 4.40. The first-order chi connectivity index (χ1) is 11.9. The van der Waals surface area contributed by atoms with Gasteiger partial charge in [0.25, 0.3) is 0 Å². The monoisotopic (exact) mass is 352 g/mol. The fourth-order valence-corrected chi connectivity index (χ4v) is 3.61. The molecule has 2 unspecified atom stereocenters. The van der Waals surface area contributed by atoms with Gasteiger partial charge in [-0.05, 0) is 54.8 Å². The van der Waals surface area contributed by atoms with Crippen LogP contribution in [0.3, 0.4) is 0 Å². The van der Waals surface area contributed by atoms with Crippen molar-refractivity contribution in [3.63, 3.8) is 0 Å². The maximum atomic E-state index is 11.7. The van der Waals surface area contributed by atoms with E-state index in [9.17, 15) is 4.79 Å². The van der Waals surface area contributed by atoms with Crippen molar-refractivity contribution in [3.05, 3.63) is 88.8 Å². The summed E-state index contributed by atoms with van der Waals surface area (Å²) in [7, 11) is 0. The van der Waals surface area contributed by atoms with Crippen LogP contribution >= 0.6 is 11.6 Å². The molecule has 128 valence electrons. The van der Waals surface area contributed by atoms with E-state index in [1.54, 1.807) is 6.08 Å². The SMILES string of the molecule is Cc1cccc(NC2=CC(Cl)(c3ccccc3C)C(C=O)C=C2N)c1. The lowest BCUT2D eigenvalue weighted by Gasteiger charge is -2.34. The van der Waals surface area contributed by atoms with Crippen LogP contribution in [0.4, 0.5) is 5.69 Å². The van der Waals surface area contributed by atoms with Gasteiger partial charge in [0.2, 0.25) is 0 Å². The molecule has 0 aromatic heterocycles. The Balaban J connectivity index is 2.06. The number of anilines is 1. The summed E-state index contributed by atoms with van der Waals surface area (Å²) < 4.78 is 0.